The second kappa shape index (κ2) is 7.54. The zero-order valence-electron chi connectivity index (χ0n) is 16.7. The lowest BCUT2D eigenvalue weighted by Crippen LogP contribution is -2.49. The van der Waals surface area contributed by atoms with E-state index in [1.807, 2.05) is 0 Å². The summed E-state index contributed by atoms with van der Waals surface area (Å²) in [4.78, 5) is 30.6. The minimum absolute atomic E-state index is 0.0336. The lowest BCUT2D eigenvalue weighted by atomic mass is 9.93. The Morgan fingerprint density at radius 1 is 1.13 bits per heavy atom. The third kappa shape index (κ3) is 3.66. The van der Waals surface area contributed by atoms with Gasteiger partial charge < -0.3 is 0 Å². The van der Waals surface area contributed by atoms with Crippen molar-refractivity contribution in [1.82, 2.24) is 4.31 Å². The summed E-state index contributed by atoms with van der Waals surface area (Å²) < 4.78 is 38.6. The number of anilines is 1. The highest BCUT2D eigenvalue weighted by Crippen LogP contribution is 2.38. The van der Waals surface area contributed by atoms with Crippen molar-refractivity contribution >= 4 is 33.3 Å². The van der Waals surface area contributed by atoms with Crippen LogP contribution in [0.25, 0.3) is 4.85 Å². The molecular formula is C21H20FN3O4S. The van der Waals surface area contributed by atoms with Gasteiger partial charge in [0, 0.05) is 0 Å². The molecule has 0 spiro atoms. The van der Waals surface area contributed by atoms with Crippen LogP contribution in [0.1, 0.15) is 24.5 Å². The Hall–Kier alpha value is -3.25. The van der Waals surface area contributed by atoms with E-state index < -0.39 is 33.3 Å². The van der Waals surface area contributed by atoms with Crippen molar-refractivity contribution < 1.29 is 22.4 Å². The normalized spacial score (nSPS) is 19.3. The highest BCUT2D eigenvalue weighted by atomic mass is 32.2. The molecule has 30 heavy (non-hydrogen) atoms. The summed E-state index contributed by atoms with van der Waals surface area (Å²) in [6.07, 6.45) is 1.18. The van der Waals surface area contributed by atoms with Gasteiger partial charge in [0.05, 0.1) is 18.5 Å². The van der Waals surface area contributed by atoms with Gasteiger partial charge in [-0.15, -0.1) is 0 Å². The predicted molar refractivity (Wildman–Crippen MR) is 110 cm³/mol. The molecule has 0 saturated carbocycles. The van der Waals surface area contributed by atoms with Gasteiger partial charge in [0.1, 0.15) is 11.4 Å². The van der Waals surface area contributed by atoms with Crippen molar-refractivity contribution in [3.63, 3.8) is 0 Å². The number of carbonyl (C=O) groups excluding carboxylic acids is 2. The average molecular weight is 429 g/mol. The molecular weight excluding hydrogens is 409 g/mol. The minimum Gasteiger partial charge on any atom is -0.271 e. The topological polar surface area (TPSA) is 79.1 Å². The van der Waals surface area contributed by atoms with Crippen LogP contribution in [0.4, 0.5) is 20.6 Å². The molecule has 0 bridgehead atoms. The van der Waals surface area contributed by atoms with Crippen molar-refractivity contribution in [2.45, 2.75) is 32.2 Å². The van der Waals surface area contributed by atoms with E-state index >= 15 is 0 Å². The van der Waals surface area contributed by atoms with Crippen LogP contribution in [0.2, 0.25) is 0 Å². The molecule has 0 N–H and O–H groups in total. The van der Waals surface area contributed by atoms with Crippen LogP contribution < -0.4 is 4.90 Å². The van der Waals surface area contributed by atoms with Crippen LogP contribution >= 0.6 is 0 Å². The number of rotatable bonds is 5. The fourth-order valence-corrected chi connectivity index (χ4v) is 4.87. The maximum Gasteiger partial charge on any atom is 0.346 e. The number of halogens is 1. The second-order valence-electron chi connectivity index (χ2n) is 7.43. The van der Waals surface area contributed by atoms with E-state index in [9.17, 15) is 22.4 Å². The Labute approximate surface area is 174 Å². The SMILES string of the molecule is [C-]#[N+]c1ccc(N2C(=O)N(S(C)(=O)=O)[C@@](C)(CCc3ccc(F)cc3)C2=O)cc1C. The van der Waals surface area contributed by atoms with Gasteiger partial charge in [-0.2, -0.15) is 0 Å². The van der Waals surface area contributed by atoms with E-state index in [2.05, 4.69) is 4.85 Å². The summed E-state index contributed by atoms with van der Waals surface area (Å²) in [6.45, 7) is 10.2. The van der Waals surface area contributed by atoms with Crippen molar-refractivity contribution in [2.24, 2.45) is 0 Å². The smallest absolute Gasteiger partial charge is 0.271 e. The number of imide groups is 1. The quantitative estimate of drug-likeness (QED) is 0.535. The summed E-state index contributed by atoms with van der Waals surface area (Å²) in [5, 5.41) is 0. The maximum absolute atomic E-state index is 13.3. The van der Waals surface area contributed by atoms with Gasteiger partial charge >= 0.3 is 6.03 Å². The number of nitrogens with zero attached hydrogens (tertiary/aromatic N) is 3. The monoisotopic (exact) mass is 429 g/mol. The van der Waals surface area contributed by atoms with E-state index in [0.29, 0.717) is 21.1 Å². The first-order valence-corrected chi connectivity index (χ1v) is 11.0. The van der Waals surface area contributed by atoms with E-state index in [4.69, 9.17) is 6.57 Å². The van der Waals surface area contributed by atoms with Crippen LogP contribution in [0.3, 0.4) is 0 Å². The Kier molecular flexibility index (Phi) is 5.39. The molecule has 0 aromatic heterocycles. The van der Waals surface area contributed by atoms with E-state index in [1.165, 1.54) is 37.3 Å². The number of amides is 3. The van der Waals surface area contributed by atoms with Gasteiger partial charge in [-0.1, -0.05) is 18.2 Å². The molecule has 1 saturated heterocycles. The molecule has 9 heteroatoms. The maximum atomic E-state index is 13.3. The minimum atomic E-state index is -4.05. The molecule has 3 rings (SSSR count). The lowest BCUT2D eigenvalue weighted by Gasteiger charge is -2.29. The first kappa shape index (κ1) is 21.5. The number of benzene rings is 2. The van der Waals surface area contributed by atoms with Gasteiger partial charge in [0.2, 0.25) is 10.0 Å². The summed E-state index contributed by atoms with van der Waals surface area (Å²) in [5.74, 6) is -1.07. The van der Waals surface area contributed by atoms with Crippen molar-refractivity contribution in [3.05, 3.63) is 70.8 Å². The zero-order chi connectivity index (χ0) is 22.3. The van der Waals surface area contributed by atoms with Crippen LogP contribution in [-0.4, -0.2) is 36.5 Å². The van der Waals surface area contributed by atoms with Crippen LogP contribution in [0, 0.1) is 19.3 Å². The number of aryl methyl sites for hydroxylation is 2. The van der Waals surface area contributed by atoms with Gasteiger partial charge in [-0.3, -0.25) is 4.79 Å². The highest BCUT2D eigenvalue weighted by molar-refractivity contribution is 7.89. The largest absolute Gasteiger partial charge is 0.346 e. The zero-order valence-corrected chi connectivity index (χ0v) is 17.5. The van der Waals surface area contributed by atoms with Crippen LogP contribution in [0.5, 0.6) is 0 Å². The first-order valence-electron chi connectivity index (χ1n) is 9.10. The average Bonchev–Trinajstić information content (AvgIpc) is 2.87. The Morgan fingerprint density at radius 3 is 2.30 bits per heavy atom. The molecule has 0 radical (unpaired) electrons. The van der Waals surface area contributed by atoms with Gasteiger partial charge in [0.25, 0.3) is 5.91 Å². The lowest BCUT2D eigenvalue weighted by molar-refractivity contribution is -0.123. The summed E-state index contributed by atoms with van der Waals surface area (Å²) >= 11 is 0. The van der Waals surface area contributed by atoms with Crippen molar-refractivity contribution in [1.29, 1.82) is 0 Å². The molecule has 156 valence electrons. The van der Waals surface area contributed by atoms with Gasteiger partial charge in [0.15, 0.2) is 5.69 Å². The van der Waals surface area contributed by atoms with E-state index in [1.54, 1.807) is 19.1 Å². The molecule has 1 aliphatic heterocycles. The molecule has 1 fully saturated rings. The third-order valence-corrected chi connectivity index (χ3v) is 6.40. The molecule has 7 nitrogen and oxygen atoms in total. The van der Waals surface area contributed by atoms with Gasteiger partial charge in [-0.05, 0) is 62.1 Å². The Morgan fingerprint density at radius 2 is 1.77 bits per heavy atom. The molecule has 1 heterocycles. The fraction of sp³-hybridized carbons (Fsp3) is 0.286. The van der Waals surface area contributed by atoms with Gasteiger partial charge in [-0.25, -0.2) is 31.7 Å². The molecule has 2 aromatic rings. The third-order valence-electron chi connectivity index (χ3n) is 5.18. The second-order valence-corrected chi connectivity index (χ2v) is 9.26. The van der Waals surface area contributed by atoms with Crippen molar-refractivity contribution in [2.75, 3.05) is 11.2 Å². The molecule has 0 aliphatic carbocycles. The van der Waals surface area contributed by atoms with Crippen LogP contribution in [-0.2, 0) is 21.2 Å². The number of hydrogen-bond donors (Lipinski definition) is 0. The number of hydrogen-bond acceptors (Lipinski definition) is 4. The Bertz CT molecular complexity index is 1170. The number of carbonyl (C=O) groups is 2. The molecule has 2 aromatic carbocycles. The van der Waals surface area contributed by atoms with Crippen molar-refractivity contribution in [3.8, 4) is 0 Å². The summed E-state index contributed by atoms with van der Waals surface area (Å²) in [7, 11) is -4.05. The highest BCUT2D eigenvalue weighted by Gasteiger charge is 2.58. The molecule has 3 amide bonds. The predicted octanol–water partition coefficient (Wildman–Crippen LogP) is 3.80. The fourth-order valence-electron chi connectivity index (χ4n) is 3.60. The van der Waals surface area contributed by atoms with Crippen LogP contribution in [0.15, 0.2) is 42.5 Å². The summed E-state index contributed by atoms with van der Waals surface area (Å²) in [5.41, 5.74) is 0.215. The number of urea groups is 1. The van der Waals surface area contributed by atoms with E-state index in [0.717, 1.165) is 11.2 Å². The molecule has 1 atom stereocenters. The standard InChI is InChI=1S/C21H20FN3O4S/c1-14-13-17(9-10-18(14)23-3)24-19(26)21(2,25(20(24)27)30(4,28)29)12-11-15-5-7-16(22)8-6-15/h5-10,13H,11-12H2,1-2,4H3/t21-/m0/s1. The molecule has 0 unspecified atom stereocenters. The molecule has 1 aliphatic rings. The van der Waals surface area contributed by atoms with E-state index in [-0.39, 0.29) is 18.5 Å². The Balaban J connectivity index is 2.01. The number of sulfonamides is 1. The summed E-state index contributed by atoms with van der Waals surface area (Å²) in [6, 6.07) is 9.14. The first-order chi connectivity index (χ1) is 14.0.